The molecule has 1 aliphatic rings. The minimum Gasteiger partial charge on any atom is -0.388 e. The van der Waals surface area contributed by atoms with E-state index in [1.807, 2.05) is 28.8 Å². The lowest BCUT2D eigenvalue weighted by Crippen LogP contribution is -2.53. The maximum Gasteiger partial charge on any atom is 0.242 e. The van der Waals surface area contributed by atoms with Gasteiger partial charge < -0.3 is 24.9 Å². The van der Waals surface area contributed by atoms with Crippen LogP contribution in [-0.4, -0.2) is 63.7 Å². The number of hydrogen-bond donors (Lipinski definition) is 2. The Labute approximate surface area is 191 Å². The molecule has 10 nitrogen and oxygen atoms in total. The fourth-order valence-electron chi connectivity index (χ4n) is 4.67. The molecule has 1 fully saturated rings. The van der Waals surface area contributed by atoms with Gasteiger partial charge in [0.15, 0.2) is 11.5 Å². The Morgan fingerprint density at radius 1 is 1.27 bits per heavy atom. The van der Waals surface area contributed by atoms with Gasteiger partial charge in [0.1, 0.15) is 24.2 Å². The number of carbonyl (C=O) groups is 1. The van der Waals surface area contributed by atoms with Gasteiger partial charge in [-0.05, 0) is 25.5 Å². The van der Waals surface area contributed by atoms with E-state index in [1.54, 1.807) is 22.7 Å². The molecule has 4 aromatic rings. The van der Waals surface area contributed by atoms with Gasteiger partial charge in [-0.2, -0.15) is 0 Å². The van der Waals surface area contributed by atoms with Crippen molar-refractivity contribution < 1.29 is 9.90 Å². The number of carbonyl (C=O) groups excluding carboxylic acids is 1. The molecule has 1 aromatic carbocycles. The number of hydrogen-bond acceptors (Lipinski definition) is 7. The molecular weight excluding hydrogens is 420 g/mol. The van der Waals surface area contributed by atoms with Crippen molar-refractivity contribution in [2.24, 2.45) is 0 Å². The molecule has 0 bridgehead atoms. The molecule has 0 spiro atoms. The molecule has 0 aliphatic carbocycles. The molecule has 172 valence electrons. The zero-order chi connectivity index (χ0) is 23.3. The van der Waals surface area contributed by atoms with Crippen LogP contribution in [0.3, 0.4) is 0 Å². The monoisotopic (exact) mass is 448 g/mol. The molecular formula is C23H28N8O2. The van der Waals surface area contributed by atoms with E-state index in [0.717, 1.165) is 16.9 Å². The van der Waals surface area contributed by atoms with E-state index in [1.165, 1.54) is 6.33 Å². The van der Waals surface area contributed by atoms with Crippen LogP contribution in [0.1, 0.15) is 45.0 Å². The number of imidazole rings is 2. The predicted octanol–water partition coefficient (Wildman–Crippen LogP) is 2.11. The van der Waals surface area contributed by atoms with E-state index in [2.05, 4.69) is 28.8 Å². The summed E-state index contributed by atoms with van der Waals surface area (Å²) in [5.74, 6) is 1.34. The average molecular weight is 449 g/mol. The molecule has 5 rings (SSSR count). The van der Waals surface area contributed by atoms with Crippen LogP contribution in [0.5, 0.6) is 0 Å². The Morgan fingerprint density at radius 3 is 2.85 bits per heavy atom. The van der Waals surface area contributed by atoms with Gasteiger partial charge >= 0.3 is 0 Å². The van der Waals surface area contributed by atoms with Crippen molar-refractivity contribution in [3.8, 4) is 0 Å². The highest BCUT2D eigenvalue weighted by molar-refractivity contribution is 5.82. The van der Waals surface area contributed by atoms with Gasteiger partial charge in [0.2, 0.25) is 5.91 Å². The SMILES string of the molecule is CC(C)c1nc2ccccc2n1CC(=O)N1CC[C@@](C)(O)[C@H](n2cnc3c(N)ncnc32)C1. The fourth-order valence-corrected chi connectivity index (χ4v) is 4.67. The molecule has 1 saturated heterocycles. The summed E-state index contributed by atoms with van der Waals surface area (Å²) in [6.45, 7) is 6.95. The quantitative estimate of drug-likeness (QED) is 0.489. The van der Waals surface area contributed by atoms with Crippen molar-refractivity contribution in [3.63, 3.8) is 0 Å². The number of piperidine rings is 1. The van der Waals surface area contributed by atoms with Crippen molar-refractivity contribution in [2.75, 3.05) is 18.8 Å². The molecule has 3 N–H and O–H groups in total. The molecule has 0 saturated carbocycles. The van der Waals surface area contributed by atoms with Crippen molar-refractivity contribution in [1.82, 2.24) is 34.0 Å². The second kappa shape index (κ2) is 7.80. The second-order valence-electron chi connectivity index (χ2n) is 9.25. The van der Waals surface area contributed by atoms with Gasteiger partial charge in [-0.25, -0.2) is 19.9 Å². The van der Waals surface area contributed by atoms with Crippen molar-refractivity contribution in [3.05, 3.63) is 42.7 Å². The van der Waals surface area contributed by atoms with Crippen LogP contribution in [0.2, 0.25) is 0 Å². The maximum atomic E-state index is 13.5. The molecule has 3 aromatic heterocycles. The van der Waals surface area contributed by atoms with E-state index in [9.17, 15) is 9.90 Å². The lowest BCUT2D eigenvalue weighted by molar-refractivity contribution is -0.138. The summed E-state index contributed by atoms with van der Waals surface area (Å²) in [4.78, 5) is 32.7. The van der Waals surface area contributed by atoms with Crippen LogP contribution in [-0.2, 0) is 11.3 Å². The summed E-state index contributed by atoms with van der Waals surface area (Å²) in [5.41, 5.74) is 7.77. The largest absolute Gasteiger partial charge is 0.388 e. The molecule has 4 heterocycles. The van der Waals surface area contributed by atoms with Crippen molar-refractivity contribution >= 4 is 33.9 Å². The Bertz CT molecular complexity index is 1340. The summed E-state index contributed by atoms with van der Waals surface area (Å²) < 4.78 is 3.81. The van der Waals surface area contributed by atoms with E-state index >= 15 is 0 Å². The number of fused-ring (bicyclic) bond motifs is 2. The van der Waals surface area contributed by atoms with Gasteiger partial charge in [-0.15, -0.1) is 0 Å². The minimum absolute atomic E-state index is 0.0147. The standard InChI is InChI=1S/C23H28N8O2/c1-14(2)21-28-15-6-4-5-7-16(15)30(21)11-18(32)29-9-8-23(3,33)17(10-29)31-13-27-19-20(24)25-12-26-22(19)31/h4-7,12-14,17,33H,8-11H2,1-3H3,(H2,24,25,26)/t17-,23-/m1/s1. The Morgan fingerprint density at radius 2 is 2.06 bits per heavy atom. The second-order valence-corrected chi connectivity index (χ2v) is 9.25. The summed E-state index contributed by atoms with van der Waals surface area (Å²) in [7, 11) is 0. The number of anilines is 1. The molecule has 1 aliphatic heterocycles. The lowest BCUT2D eigenvalue weighted by atomic mass is 9.88. The number of amides is 1. The molecule has 0 radical (unpaired) electrons. The van der Waals surface area contributed by atoms with Gasteiger partial charge in [0.05, 0.1) is 29.0 Å². The normalized spacial score (nSPS) is 21.4. The van der Waals surface area contributed by atoms with Crippen LogP contribution in [0.15, 0.2) is 36.9 Å². The first kappa shape index (κ1) is 21.3. The predicted molar refractivity (Wildman–Crippen MR) is 124 cm³/mol. The third-order valence-electron chi connectivity index (χ3n) is 6.57. The Hall–Kier alpha value is -3.53. The number of nitrogens with two attached hydrogens (primary N) is 1. The number of aliphatic hydroxyl groups is 1. The number of nitrogen functional groups attached to an aromatic ring is 1. The first-order valence-electron chi connectivity index (χ1n) is 11.1. The Kier molecular flexibility index (Phi) is 5.04. The molecule has 0 unspecified atom stereocenters. The molecule has 1 amide bonds. The third kappa shape index (κ3) is 3.60. The third-order valence-corrected chi connectivity index (χ3v) is 6.57. The van der Waals surface area contributed by atoms with Crippen LogP contribution >= 0.6 is 0 Å². The van der Waals surface area contributed by atoms with Gasteiger partial charge in [-0.1, -0.05) is 26.0 Å². The summed E-state index contributed by atoms with van der Waals surface area (Å²) in [6, 6.07) is 7.45. The highest BCUT2D eigenvalue weighted by Gasteiger charge is 2.41. The first-order chi connectivity index (χ1) is 15.8. The maximum absolute atomic E-state index is 13.5. The van der Waals surface area contributed by atoms with Gasteiger partial charge in [0, 0.05) is 19.0 Å². The number of rotatable bonds is 4. The van der Waals surface area contributed by atoms with E-state index < -0.39 is 11.6 Å². The van der Waals surface area contributed by atoms with Crippen molar-refractivity contribution in [1.29, 1.82) is 0 Å². The number of likely N-dealkylation sites (tertiary alicyclic amines) is 1. The van der Waals surface area contributed by atoms with E-state index in [4.69, 9.17) is 10.7 Å². The lowest BCUT2D eigenvalue weighted by Gasteiger charge is -2.43. The topological polar surface area (TPSA) is 128 Å². The summed E-state index contributed by atoms with van der Waals surface area (Å²) in [6.07, 6.45) is 3.43. The Balaban J connectivity index is 1.45. The fraction of sp³-hybridized carbons (Fsp3) is 0.435. The number of para-hydroxylation sites is 2. The minimum atomic E-state index is -1.03. The number of nitrogens with zero attached hydrogens (tertiary/aromatic N) is 7. The summed E-state index contributed by atoms with van der Waals surface area (Å²) >= 11 is 0. The highest BCUT2D eigenvalue weighted by atomic mass is 16.3. The summed E-state index contributed by atoms with van der Waals surface area (Å²) in [5, 5.41) is 11.2. The van der Waals surface area contributed by atoms with Crippen LogP contribution in [0, 0.1) is 0 Å². The van der Waals surface area contributed by atoms with Crippen LogP contribution in [0.4, 0.5) is 5.82 Å². The smallest absolute Gasteiger partial charge is 0.242 e. The molecule has 33 heavy (non-hydrogen) atoms. The van der Waals surface area contributed by atoms with E-state index in [-0.39, 0.29) is 24.2 Å². The highest BCUT2D eigenvalue weighted by Crippen LogP contribution is 2.34. The molecule has 2 atom stereocenters. The number of aromatic nitrogens is 6. The first-order valence-corrected chi connectivity index (χ1v) is 11.1. The van der Waals surface area contributed by atoms with Crippen LogP contribution in [0.25, 0.3) is 22.2 Å². The van der Waals surface area contributed by atoms with Gasteiger partial charge in [0.25, 0.3) is 0 Å². The van der Waals surface area contributed by atoms with E-state index in [0.29, 0.717) is 30.7 Å². The zero-order valence-electron chi connectivity index (χ0n) is 19.0. The molecule has 10 heteroatoms. The van der Waals surface area contributed by atoms with Gasteiger partial charge in [-0.3, -0.25) is 4.79 Å². The van der Waals surface area contributed by atoms with Crippen molar-refractivity contribution in [2.45, 2.75) is 51.3 Å². The average Bonchev–Trinajstić information content (AvgIpc) is 3.36. The zero-order valence-corrected chi connectivity index (χ0v) is 19.0. The van der Waals surface area contributed by atoms with Crippen LogP contribution < -0.4 is 5.73 Å². The number of benzene rings is 1.